The zero-order chi connectivity index (χ0) is 12.4. The fourth-order valence-corrected chi connectivity index (χ4v) is 1.76. The highest BCUT2D eigenvalue weighted by Crippen LogP contribution is 2.23. The van der Waals surface area contributed by atoms with Gasteiger partial charge in [0.25, 0.3) is 0 Å². The van der Waals surface area contributed by atoms with Crippen LogP contribution in [0.4, 0.5) is 8.78 Å². The average Bonchev–Trinajstić information content (AvgIpc) is 2.64. The molecule has 2 N–H and O–H groups in total. The molecule has 17 heavy (non-hydrogen) atoms. The molecule has 0 atom stereocenters. The molecule has 5 heteroatoms. The van der Waals surface area contributed by atoms with E-state index in [9.17, 15) is 8.78 Å². The lowest BCUT2D eigenvalue weighted by molar-refractivity contribution is 0.509. The summed E-state index contributed by atoms with van der Waals surface area (Å²) >= 11 is 0. The second-order valence-corrected chi connectivity index (χ2v) is 3.84. The summed E-state index contributed by atoms with van der Waals surface area (Å²) in [5.41, 5.74) is 7.64. The van der Waals surface area contributed by atoms with E-state index in [0.29, 0.717) is 24.2 Å². The van der Waals surface area contributed by atoms with Crippen molar-refractivity contribution in [3.05, 3.63) is 41.6 Å². The van der Waals surface area contributed by atoms with E-state index in [4.69, 9.17) is 5.73 Å². The van der Waals surface area contributed by atoms with Crippen LogP contribution in [0.25, 0.3) is 11.3 Å². The van der Waals surface area contributed by atoms with Crippen LogP contribution in [0, 0.1) is 11.6 Å². The molecule has 1 aromatic heterocycles. The number of nitrogens with two attached hydrogens (primary N) is 1. The summed E-state index contributed by atoms with van der Waals surface area (Å²) in [6.45, 7) is 0.488. The van der Waals surface area contributed by atoms with Gasteiger partial charge in [-0.05, 0) is 36.7 Å². The molecule has 0 saturated carbocycles. The fraction of sp³-hybridized carbons (Fsp3) is 0.250. The Kier molecular flexibility index (Phi) is 3.19. The van der Waals surface area contributed by atoms with Gasteiger partial charge < -0.3 is 5.73 Å². The van der Waals surface area contributed by atoms with Gasteiger partial charge in [-0.2, -0.15) is 5.10 Å². The van der Waals surface area contributed by atoms with Gasteiger partial charge in [0.15, 0.2) is 11.6 Å². The van der Waals surface area contributed by atoms with Crippen molar-refractivity contribution in [1.29, 1.82) is 0 Å². The number of aromatic nitrogens is 2. The van der Waals surface area contributed by atoms with Crippen molar-refractivity contribution >= 4 is 0 Å². The third-order valence-corrected chi connectivity index (χ3v) is 2.51. The van der Waals surface area contributed by atoms with Crippen LogP contribution in [0.2, 0.25) is 0 Å². The van der Waals surface area contributed by atoms with Crippen molar-refractivity contribution < 1.29 is 8.78 Å². The summed E-state index contributed by atoms with van der Waals surface area (Å²) in [7, 11) is 1.78. The molecule has 0 saturated heterocycles. The molecule has 0 aliphatic rings. The Labute approximate surface area is 97.9 Å². The first-order valence-electron chi connectivity index (χ1n) is 5.30. The topological polar surface area (TPSA) is 43.8 Å². The summed E-state index contributed by atoms with van der Waals surface area (Å²) in [5.74, 6) is -1.73. The van der Waals surface area contributed by atoms with Gasteiger partial charge in [-0.3, -0.25) is 4.68 Å². The maximum atomic E-state index is 13.2. The van der Waals surface area contributed by atoms with Gasteiger partial charge in [-0.15, -0.1) is 0 Å². The second kappa shape index (κ2) is 4.63. The van der Waals surface area contributed by atoms with E-state index in [-0.39, 0.29) is 0 Å². The standard InChI is InChI=1S/C12H13F2N3/c1-17-7-9(4-5-15)12(16-17)8-2-3-10(13)11(14)6-8/h2-3,6-7H,4-5,15H2,1H3. The van der Waals surface area contributed by atoms with Gasteiger partial charge >= 0.3 is 0 Å². The lowest BCUT2D eigenvalue weighted by Gasteiger charge is -2.01. The van der Waals surface area contributed by atoms with Gasteiger partial charge in [0.1, 0.15) is 0 Å². The maximum absolute atomic E-state index is 13.2. The van der Waals surface area contributed by atoms with Crippen LogP contribution in [0.1, 0.15) is 5.56 Å². The minimum absolute atomic E-state index is 0.488. The fourth-order valence-electron chi connectivity index (χ4n) is 1.76. The molecule has 0 aliphatic carbocycles. The van der Waals surface area contributed by atoms with Gasteiger partial charge in [0, 0.05) is 18.8 Å². The van der Waals surface area contributed by atoms with Gasteiger partial charge in [0.2, 0.25) is 0 Å². The van der Waals surface area contributed by atoms with Crippen LogP contribution in [0.15, 0.2) is 24.4 Å². The molecule has 0 amide bonds. The van der Waals surface area contributed by atoms with E-state index >= 15 is 0 Å². The van der Waals surface area contributed by atoms with E-state index in [0.717, 1.165) is 17.7 Å². The van der Waals surface area contributed by atoms with Crippen LogP contribution >= 0.6 is 0 Å². The molecule has 0 unspecified atom stereocenters. The predicted octanol–water partition coefficient (Wildman–Crippen LogP) is 1.87. The number of halogens is 2. The Balaban J connectivity index is 2.47. The number of benzene rings is 1. The molecule has 0 fully saturated rings. The first kappa shape index (κ1) is 11.7. The minimum Gasteiger partial charge on any atom is -0.330 e. The van der Waals surface area contributed by atoms with Gasteiger partial charge in [-0.1, -0.05) is 0 Å². The number of hydrogen-bond acceptors (Lipinski definition) is 2. The quantitative estimate of drug-likeness (QED) is 0.885. The normalized spacial score (nSPS) is 10.8. The van der Waals surface area contributed by atoms with E-state index < -0.39 is 11.6 Å². The molecular weight excluding hydrogens is 224 g/mol. The first-order chi connectivity index (χ1) is 8.11. The lowest BCUT2D eigenvalue weighted by Crippen LogP contribution is -2.03. The zero-order valence-corrected chi connectivity index (χ0v) is 9.45. The van der Waals surface area contributed by atoms with Gasteiger partial charge in [0.05, 0.1) is 5.69 Å². The predicted molar refractivity (Wildman–Crippen MR) is 61.3 cm³/mol. The van der Waals surface area contributed by atoms with Crippen LogP contribution in [0.3, 0.4) is 0 Å². The summed E-state index contributed by atoms with van der Waals surface area (Å²) in [4.78, 5) is 0. The minimum atomic E-state index is -0.869. The molecule has 1 heterocycles. The molecule has 2 aromatic rings. The Morgan fingerprint density at radius 2 is 2.06 bits per heavy atom. The van der Waals surface area contributed by atoms with Crippen molar-refractivity contribution in [1.82, 2.24) is 9.78 Å². The molecular formula is C12H13F2N3. The zero-order valence-electron chi connectivity index (χ0n) is 9.45. The number of hydrogen-bond donors (Lipinski definition) is 1. The van der Waals surface area contributed by atoms with Crippen molar-refractivity contribution in [2.45, 2.75) is 6.42 Å². The highest BCUT2D eigenvalue weighted by atomic mass is 19.2. The molecule has 3 nitrogen and oxygen atoms in total. The van der Waals surface area contributed by atoms with Crippen LogP contribution < -0.4 is 5.73 Å². The third-order valence-electron chi connectivity index (χ3n) is 2.51. The molecule has 0 bridgehead atoms. The Bertz CT molecular complexity index is 535. The van der Waals surface area contributed by atoms with Crippen molar-refractivity contribution in [2.75, 3.05) is 6.54 Å². The third kappa shape index (κ3) is 2.34. The molecule has 0 radical (unpaired) electrons. The number of rotatable bonds is 3. The summed E-state index contributed by atoms with van der Waals surface area (Å²) < 4.78 is 27.6. The molecule has 90 valence electrons. The summed E-state index contributed by atoms with van der Waals surface area (Å²) in [6, 6.07) is 3.77. The first-order valence-corrected chi connectivity index (χ1v) is 5.30. The Morgan fingerprint density at radius 3 is 2.71 bits per heavy atom. The monoisotopic (exact) mass is 237 g/mol. The largest absolute Gasteiger partial charge is 0.330 e. The summed E-state index contributed by atoms with van der Waals surface area (Å²) in [5, 5.41) is 4.24. The van der Waals surface area contributed by atoms with Crippen molar-refractivity contribution in [2.24, 2.45) is 12.8 Å². The Morgan fingerprint density at radius 1 is 1.29 bits per heavy atom. The van der Waals surface area contributed by atoms with Crippen molar-refractivity contribution in [3.63, 3.8) is 0 Å². The van der Waals surface area contributed by atoms with E-state index in [2.05, 4.69) is 5.10 Å². The molecule has 2 rings (SSSR count). The van der Waals surface area contributed by atoms with E-state index in [1.807, 2.05) is 6.20 Å². The van der Waals surface area contributed by atoms with Crippen molar-refractivity contribution in [3.8, 4) is 11.3 Å². The van der Waals surface area contributed by atoms with Crippen LogP contribution in [-0.2, 0) is 13.5 Å². The number of nitrogens with zero attached hydrogens (tertiary/aromatic N) is 2. The second-order valence-electron chi connectivity index (χ2n) is 3.84. The highest BCUT2D eigenvalue weighted by Gasteiger charge is 2.11. The molecule has 0 aliphatic heterocycles. The molecule has 1 aromatic carbocycles. The number of aryl methyl sites for hydroxylation is 1. The smallest absolute Gasteiger partial charge is 0.159 e. The SMILES string of the molecule is Cn1cc(CCN)c(-c2ccc(F)c(F)c2)n1. The Hall–Kier alpha value is -1.75. The lowest BCUT2D eigenvalue weighted by atomic mass is 10.1. The van der Waals surface area contributed by atoms with Gasteiger partial charge in [-0.25, -0.2) is 8.78 Å². The van der Waals surface area contributed by atoms with E-state index in [1.165, 1.54) is 6.07 Å². The average molecular weight is 237 g/mol. The molecule has 0 spiro atoms. The maximum Gasteiger partial charge on any atom is 0.159 e. The highest BCUT2D eigenvalue weighted by molar-refractivity contribution is 5.62. The van der Waals surface area contributed by atoms with Crippen LogP contribution in [-0.4, -0.2) is 16.3 Å². The van der Waals surface area contributed by atoms with E-state index in [1.54, 1.807) is 11.7 Å². The van der Waals surface area contributed by atoms with Crippen LogP contribution in [0.5, 0.6) is 0 Å². The summed E-state index contributed by atoms with van der Waals surface area (Å²) in [6.07, 6.45) is 2.49.